The van der Waals surface area contributed by atoms with Gasteiger partial charge in [0.2, 0.25) is 5.95 Å². The molecule has 3 rings (SSSR count). The van der Waals surface area contributed by atoms with Gasteiger partial charge in [-0.1, -0.05) is 36.4 Å². The molecule has 1 heterocycles. The smallest absolute Gasteiger partial charge is 0.545 e. The summed E-state index contributed by atoms with van der Waals surface area (Å²) in [5.41, 5.74) is 0.548. The maximum absolute atomic E-state index is 11.2. The van der Waals surface area contributed by atoms with Gasteiger partial charge in [-0.05, 0) is 18.2 Å². The van der Waals surface area contributed by atoms with Crippen molar-refractivity contribution in [3.8, 4) is 0 Å². The monoisotopic (exact) mass is 394 g/mol. The number of benzene rings is 2. The number of carboxylic acids is 2. The van der Waals surface area contributed by atoms with Gasteiger partial charge in [-0.2, -0.15) is 4.98 Å². The molecule has 0 aliphatic carbocycles. The van der Waals surface area contributed by atoms with Crippen molar-refractivity contribution < 1.29 is 49.4 Å². The molecular weight excluding hydrogens is 382 g/mol. The number of hydrogen-bond acceptors (Lipinski definition) is 8. The van der Waals surface area contributed by atoms with Crippen LogP contribution in [0.15, 0.2) is 60.8 Å². The maximum Gasteiger partial charge on any atom is 1.00 e. The van der Waals surface area contributed by atoms with Gasteiger partial charge in [0.05, 0.1) is 11.9 Å². The van der Waals surface area contributed by atoms with Crippen molar-refractivity contribution in [2.24, 2.45) is 0 Å². The summed E-state index contributed by atoms with van der Waals surface area (Å²) in [6.45, 7) is 0. The Labute approximate surface area is 205 Å². The Morgan fingerprint density at radius 1 is 0.786 bits per heavy atom. The van der Waals surface area contributed by atoms with E-state index in [-0.39, 0.29) is 81.9 Å². The molecule has 0 amide bonds. The van der Waals surface area contributed by atoms with Crippen molar-refractivity contribution in [1.82, 2.24) is 9.97 Å². The number of aromatic nitrogens is 2. The summed E-state index contributed by atoms with van der Waals surface area (Å²) >= 11 is 0. The second kappa shape index (κ2) is 11.2. The molecule has 2 aromatic carbocycles. The maximum atomic E-state index is 11.2. The van der Waals surface area contributed by atoms with E-state index >= 15 is 0 Å². The normalized spacial score (nSPS) is 9.43. The van der Waals surface area contributed by atoms with Gasteiger partial charge < -0.3 is 30.4 Å². The summed E-state index contributed by atoms with van der Waals surface area (Å²) in [6.07, 6.45) is 1.45. The van der Waals surface area contributed by atoms with Crippen LogP contribution >= 0.6 is 0 Å². The van der Waals surface area contributed by atoms with Crippen molar-refractivity contribution in [2.75, 3.05) is 10.6 Å². The van der Waals surface area contributed by atoms with Gasteiger partial charge in [-0.15, -0.1) is 0 Å². The third kappa shape index (κ3) is 6.03. The van der Waals surface area contributed by atoms with Crippen LogP contribution in [0.2, 0.25) is 0 Å². The van der Waals surface area contributed by atoms with E-state index in [9.17, 15) is 19.8 Å². The van der Waals surface area contributed by atoms with E-state index < -0.39 is 11.9 Å². The van der Waals surface area contributed by atoms with Gasteiger partial charge in [0, 0.05) is 58.3 Å². The van der Waals surface area contributed by atoms with Crippen molar-refractivity contribution in [3.63, 3.8) is 0 Å². The molecule has 0 aliphatic rings. The molecular formula is C18H12N4Na2O4-. The molecule has 131 valence electrons. The number of carbonyl (C=O) groups excluding carboxylic acids is 2. The van der Waals surface area contributed by atoms with E-state index in [2.05, 4.69) is 20.6 Å². The molecule has 0 aliphatic heterocycles. The summed E-state index contributed by atoms with van der Waals surface area (Å²) in [4.78, 5) is 30.6. The van der Waals surface area contributed by atoms with Crippen LogP contribution in [0.1, 0.15) is 20.7 Å². The number of para-hydroxylation sites is 2. The van der Waals surface area contributed by atoms with Crippen molar-refractivity contribution in [3.05, 3.63) is 71.9 Å². The summed E-state index contributed by atoms with van der Waals surface area (Å²) in [5.74, 6) is -2.19. The van der Waals surface area contributed by atoms with E-state index in [1.165, 1.54) is 18.3 Å². The van der Waals surface area contributed by atoms with Crippen LogP contribution in [-0.4, -0.2) is 51.5 Å². The first-order valence-corrected chi connectivity index (χ1v) is 7.52. The second-order valence-corrected chi connectivity index (χ2v) is 5.18. The van der Waals surface area contributed by atoms with E-state index in [1.54, 1.807) is 42.5 Å². The average molecular weight is 394 g/mol. The molecule has 0 atom stereocenters. The number of aromatic carboxylic acids is 2. The molecule has 3 aromatic rings. The molecule has 0 bridgehead atoms. The summed E-state index contributed by atoms with van der Waals surface area (Å²) in [6, 6.07) is 14.0. The second-order valence-electron chi connectivity index (χ2n) is 5.18. The minimum absolute atomic E-state index is 0. The predicted octanol–water partition coefficient (Wildman–Crippen LogP) is -2.69. The Hall–Kier alpha value is -1.94. The Morgan fingerprint density at radius 3 is 1.82 bits per heavy atom. The minimum atomic E-state index is -1.33. The zero-order valence-corrected chi connectivity index (χ0v) is 19.3. The van der Waals surface area contributed by atoms with Crippen molar-refractivity contribution in [1.29, 1.82) is 0 Å². The zero-order chi connectivity index (χ0) is 18.5. The molecule has 0 spiro atoms. The van der Waals surface area contributed by atoms with Crippen molar-refractivity contribution >= 4 is 64.6 Å². The van der Waals surface area contributed by atoms with Crippen LogP contribution in [0.25, 0.3) is 0 Å². The molecule has 0 fully saturated rings. The number of carboxylic acid groups (broad SMARTS) is 2. The van der Waals surface area contributed by atoms with Gasteiger partial charge in [0.15, 0.2) is 0 Å². The number of nitrogens with zero attached hydrogens (tertiary/aromatic N) is 2. The fourth-order valence-electron chi connectivity index (χ4n) is 2.29. The van der Waals surface area contributed by atoms with E-state index in [0.717, 1.165) is 0 Å². The van der Waals surface area contributed by atoms with Gasteiger partial charge in [0.1, 0.15) is 5.82 Å². The third-order valence-corrected chi connectivity index (χ3v) is 3.46. The van der Waals surface area contributed by atoms with E-state index in [0.29, 0.717) is 11.5 Å². The number of hydrogen-bond donors (Lipinski definition) is 2. The average Bonchev–Trinajstić information content (AvgIpc) is 2.62. The van der Waals surface area contributed by atoms with Gasteiger partial charge in [-0.3, -0.25) is 0 Å². The molecule has 2 N–H and O–H groups in total. The Morgan fingerprint density at radius 2 is 1.29 bits per heavy atom. The van der Waals surface area contributed by atoms with E-state index in [1.807, 2.05) is 0 Å². The summed E-state index contributed by atoms with van der Waals surface area (Å²) in [7, 11) is 0. The number of carbonyl (C=O) groups is 2. The molecule has 0 saturated heterocycles. The Balaban J connectivity index is 0.00000196. The molecule has 1 radical (unpaired) electrons. The van der Waals surface area contributed by atoms with Crippen LogP contribution < -0.4 is 50.4 Å². The summed E-state index contributed by atoms with van der Waals surface area (Å²) in [5, 5.41) is 28.0. The van der Waals surface area contributed by atoms with E-state index in [4.69, 9.17) is 0 Å². The predicted molar refractivity (Wildman–Crippen MR) is 95.9 cm³/mol. The van der Waals surface area contributed by atoms with Gasteiger partial charge in [0.25, 0.3) is 0 Å². The largest absolute Gasteiger partial charge is 1.00 e. The SMILES string of the molecule is O=C([O-])c1ccccc1Nc1ccnc(Nc2ccccc2C(=O)[O-])n1.[Na+].[Na]. The standard InChI is InChI=1S/C18H14N4O4.2Na/c23-16(24)11-5-1-3-7-13(11)20-15-9-10-19-18(22-15)21-14-8-4-2-6-12(14)17(25)26;;/h1-10H,(H,23,24)(H,25,26)(H2,19,20,21,22);;/q;;+1/p-2. The summed E-state index contributed by atoms with van der Waals surface area (Å²) < 4.78 is 0. The van der Waals surface area contributed by atoms with Crippen LogP contribution in [0, 0.1) is 0 Å². The first kappa shape index (κ1) is 24.1. The molecule has 1 aromatic heterocycles. The van der Waals surface area contributed by atoms with Crippen LogP contribution in [0.5, 0.6) is 0 Å². The molecule has 0 saturated carbocycles. The molecule has 10 heteroatoms. The van der Waals surface area contributed by atoms with Crippen LogP contribution in [0.4, 0.5) is 23.1 Å². The first-order chi connectivity index (χ1) is 12.5. The van der Waals surface area contributed by atoms with Gasteiger partial charge in [-0.25, -0.2) is 4.98 Å². The molecule has 28 heavy (non-hydrogen) atoms. The van der Waals surface area contributed by atoms with Crippen LogP contribution in [-0.2, 0) is 0 Å². The number of rotatable bonds is 6. The molecule has 8 nitrogen and oxygen atoms in total. The van der Waals surface area contributed by atoms with Gasteiger partial charge >= 0.3 is 29.6 Å². The third-order valence-electron chi connectivity index (χ3n) is 3.46. The Bertz CT molecular complexity index is 910. The zero-order valence-electron chi connectivity index (χ0n) is 15.3. The minimum Gasteiger partial charge on any atom is -0.545 e. The fourth-order valence-corrected chi connectivity index (χ4v) is 2.29. The number of nitrogens with one attached hydrogen (secondary N) is 2. The molecule has 0 unspecified atom stereocenters. The van der Waals surface area contributed by atoms with Crippen LogP contribution in [0.3, 0.4) is 0 Å². The first-order valence-electron chi connectivity index (χ1n) is 7.52. The van der Waals surface area contributed by atoms with Crippen molar-refractivity contribution in [2.45, 2.75) is 0 Å². The topological polar surface area (TPSA) is 130 Å². The number of anilines is 4. The fraction of sp³-hybridized carbons (Fsp3) is 0. The Kier molecular flexibility index (Phi) is 9.60. The quantitative estimate of drug-likeness (QED) is 0.433.